The van der Waals surface area contributed by atoms with Crippen molar-refractivity contribution in [1.29, 1.82) is 0 Å². The highest BCUT2D eigenvalue weighted by Crippen LogP contribution is 2.27. The minimum absolute atomic E-state index is 0.0474. The zero-order valence-corrected chi connectivity index (χ0v) is 13.7. The van der Waals surface area contributed by atoms with Gasteiger partial charge in [0.05, 0.1) is 6.04 Å². The summed E-state index contributed by atoms with van der Waals surface area (Å²) < 4.78 is 5.52. The van der Waals surface area contributed by atoms with Crippen LogP contribution in [-0.4, -0.2) is 29.4 Å². The SMILES string of the molecule is CCC[C@@H]1CCC[C@H](/C=C/C=O)N1C(=O)OCc1ccccc1. The summed E-state index contributed by atoms with van der Waals surface area (Å²) in [6, 6.07) is 9.83. The van der Waals surface area contributed by atoms with Gasteiger partial charge in [-0.3, -0.25) is 9.69 Å². The van der Waals surface area contributed by atoms with Gasteiger partial charge in [-0.1, -0.05) is 49.8 Å². The predicted octanol–water partition coefficient (Wildman–Crippen LogP) is 4.10. The molecule has 1 heterocycles. The van der Waals surface area contributed by atoms with E-state index in [-0.39, 0.29) is 24.8 Å². The van der Waals surface area contributed by atoms with Crippen LogP contribution in [0.2, 0.25) is 0 Å². The maximum absolute atomic E-state index is 12.6. The summed E-state index contributed by atoms with van der Waals surface area (Å²) in [5, 5.41) is 0. The van der Waals surface area contributed by atoms with E-state index in [1.807, 2.05) is 41.3 Å². The number of aldehydes is 1. The zero-order valence-electron chi connectivity index (χ0n) is 13.7. The van der Waals surface area contributed by atoms with Crippen LogP contribution in [-0.2, 0) is 16.1 Å². The molecule has 1 aromatic carbocycles. The van der Waals surface area contributed by atoms with E-state index in [2.05, 4.69) is 6.92 Å². The molecule has 23 heavy (non-hydrogen) atoms. The molecule has 0 spiro atoms. The molecule has 1 aromatic rings. The van der Waals surface area contributed by atoms with Crippen molar-refractivity contribution < 1.29 is 14.3 Å². The molecule has 2 atom stereocenters. The van der Waals surface area contributed by atoms with Gasteiger partial charge in [-0.25, -0.2) is 4.79 Å². The summed E-state index contributed by atoms with van der Waals surface area (Å²) in [5.41, 5.74) is 0.977. The average Bonchev–Trinajstić information content (AvgIpc) is 2.59. The zero-order chi connectivity index (χ0) is 16.5. The van der Waals surface area contributed by atoms with Crippen molar-refractivity contribution in [1.82, 2.24) is 4.90 Å². The summed E-state index contributed by atoms with van der Waals surface area (Å²) in [6.45, 7) is 2.40. The molecule has 124 valence electrons. The Morgan fingerprint density at radius 2 is 2.09 bits per heavy atom. The number of ether oxygens (including phenoxy) is 1. The van der Waals surface area contributed by atoms with E-state index in [0.29, 0.717) is 0 Å². The molecule has 1 saturated heterocycles. The lowest BCUT2D eigenvalue weighted by Crippen LogP contribution is -2.49. The second-order valence-corrected chi connectivity index (χ2v) is 5.91. The number of nitrogens with zero attached hydrogens (tertiary/aromatic N) is 1. The molecule has 2 rings (SSSR count). The van der Waals surface area contributed by atoms with E-state index in [9.17, 15) is 9.59 Å². The third-order valence-corrected chi connectivity index (χ3v) is 4.24. The minimum Gasteiger partial charge on any atom is -0.445 e. The van der Waals surface area contributed by atoms with Crippen molar-refractivity contribution in [3.8, 4) is 0 Å². The first-order chi connectivity index (χ1) is 11.3. The Labute approximate surface area is 138 Å². The molecule has 4 heteroatoms. The lowest BCUT2D eigenvalue weighted by molar-refractivity contribution is -0.104. The van der Waals surface area contributed by atoms with Crippen LogP contribution in [0.4, 0.5) is 4.79 Å². The number of rotatable bonds is 6. The van der Waals surface area contributed by atoms with Gasteiger partial charge in [0.1, 0.15) is 12.9 Å². The summed E-state index contributed by atoms with van der Waals surface area (Å²) in [5.74, 6) is 0. The quantitative estimate of drug-likeness (QED) is 0.586. The van der Waals surface area contributed by atoms with E-state index >= 15 is 0 Å². The molecule has 1 aliphatic heterocycles. The minimum atomic E-state index is -0.285. The van der Waals surface area contributed by atoms with Crippen LogP contribution in [0.1, 0.15) is 44.6 Å². The molecule has 0 radical (unpaired) electrons. The first-order valence-corrected chi connectivity index (χ1v) is 8.37. The molecule has 1 aliphatic rings. The van der Waals surface area contributed by atoms with Crippen molar-refractivity contribution in [3.05, 3.63) is 48.0 Å². The van der Waals surface area contributed by atoms with Gasteiger partial charge in [0, 0.05) is 6.04 Å². The number of carbonyl (C=O) groups excluding carboxylic acids is 2. The maximum Gasteiger partial charge on any atom is 0.410 e. The Hall–Kier alpha value is -2.10. The first-order valence-electron chi connectivity index (χ1n) is 8.37. The fourth-order valence-electron chi connectivity index (χ4n) is 3.17. The Morgan fingerprint density at radius 1 is 1.30 bits per heavy atom. The number of carbonyl (C=O) groups is 2. The van der Waals surface area contributed by atoms with Crippen LogP contribution in [0.3, 0.4) is 0 Å². The molecule has 0 saturated carbocycles. The van der Waals surface area contributed by atoms with Crippen molar-refractivity contribution in [2.45, 2.75) is 57.7 Å². The second-order valence-electron chi connectivity index (χ2n) is 5.91. The number of likely N-dealkylation sites (tertiary alicyclic amines) is 1. The van der Waals surface area contributed by atoms with Crippen LogP contribution < -0.4 is 0 Å². The summed E-state index contributed by atoms with van der Waals surface area (Å²) in [7, 11) is 0. The Bertz CT molecular complexity index is 525. The summed E-state index contributed by atoms with van der Waals surface area (Å²) in [4.78, 5) is 25.1. The van der Waals surface area contributed by atoms with Gasteiger partial charge in [-0.2, -0.15) is 0 Å². The third kappa shape index (κ3) is 4.95. The van der Waals surface area contributed by atoms with Crippen LogP contribution in [0.5, 0.6) is 0 Å². The highest BCUT2D eigenvalue weighted by atomic mass is 16.6. The van der Waals surface area contributed by atoms with Crippen LogP contribution in [0.15, 0.2) is 42.5 Å². The van der Waals surface area contributed by atoms with Gasteiger partial charge in [0.2, 0.25) is 0 Å². The highest BCUT2D eigenvalue weighted by molar-refractivity contribution is 5.70. The molecule has 0 aromatic heterocycles. The fourth-order valence-corrected chi connectivity index (χ4v) is 3.17. The molecular formula is C19H25NO3. The Balaban J connectivity index is 2.06. The number of hydrogen-bond acceptors (Lipinski definition) is 3. The van der Waals surface area contributed by atoms with Crippen LogP contribution >= 0.6 is 0 Å². The normalized spacial score (nSPS) is 21.3. The van der Waals surface area contributed by atoms with E-state index in [1.54, 1.807) is 0 Å². The first kappa shape index (κ1) is 17.3. The molecule has 0 N–H and O–H groups in total. The Kier molecular flexibility index (Phi) is 6.85. The van der Waals surface area contributed by atoms with Gasteiger partial charge in [0.15, 0.2) is 0 Å². The van der Waals surface area contributed by atoms with E-state index < -0.39 is 0 Å². The van der Waals surface area contributed by atoms with Gasteiger partial charge in [0.25, 0.3) is 0 Å². The number of piperidine rings is 1. The maximum atomic E-state index is 12.6. The molecule has 1 amide bonds. The molecular weight excluding hydrogens is 290 g/mol. The lowest BCUT2D eigenvalue weighted by atomic mass is 9.93. The summed E-state index contributed by atoms with van der Waals surface area (Å²) >= 11 is 0. The fraction of sp³-hybridized carbons (Fsp3) is 0.474. The number of hydrogen-bond donors (Lipinski definition) is 0. The van der Waals surface area contributed by atoms with E-state index in [4.69, 9.17) is 4.74 Å². The van der Waals surface area contributed by atoms with Crippen LogP contribution in [0.25, 0.3) is 0 Å². The molecule has 4 nitrogen and oxygen atoms in total. The van der Waals surface area contributed by atoms with Crippen molar-refractivity contribution in [3.63, 3.8) is 0 Å². The number of allylic oxidation sites excluding steroid dienone is 1. The van der Waals surface area contributed by atoms with Gasteiger partial charge in [-0.15, -0.1) is 0 Å². The molecule has 0 bridgehead atoms. The highest BCUT2D eigenvalue weighted by Gasteiger charge is 2.33. The monoisotopic (exact) mass is 315 g/mol. The third-order valence-electron chi connectivity index (χ3n) is 4.24. The smallest absolute Gasteiger partial charge is 0.410 e. The van der Waals surface area contributed by atoms with Gasteiger partial charge >= 0.3 is 6.09 Å². The van der Waals surface area contributed by atoms with Gasteiger partial charge in [-0.05, 0) is 37.3 Å². The molecule has 0 aliphatic carbocycles. The standard InChI is InChI=1S/C19H25NO3/c1-2-8-17-11-6-12-18(13-7-14-21)20(17)19(22)23-15-16-9-4-3-5-10-16/h3-5,7,9-10,13-14,17-18H,2,6,8,11-12,15H2,1H3/b13-7+/t17-,18-/m1/s1. The van der Waals surface area contributed by atoms with Crippen molar-refractivity contribution in [2.75, 3.05) is 0 Å². The number of amides is 1. The topological polar surface area (TPSA) is 46.6 Å². The van der Waals surface area contributed by atoms with Crippen molar-refractivity contribution in [2.24, 2.45) is 0 Å². The van der Waals surface area contributed by atoms with Crippen molar-refractivity contribution >= 4 is 12.4 Å². The molecule has 0 unspecified atom stereocenters. The summed E-state index contributed by atoms with van der Waals surface area (Å²) in [6.07, 6.45) is 8.72. The number of benzene rings is 1. The predicted molar refractivity (Wildman–Crippen MR) is 90.0 cm³/mol. The van der Waals surface area contributed by atoms with E-state index in [1.165, 1.54) is 6.08 Å². The second kappa shape index (κ2) is 9.13. The average molecular weight is 315 g/mol. The largest absolute Gasteiger partial charge is 0.445 e. The Morgan fingerprint density at radius 3 is 2.78 bits per heavy atom. The van der Waals surface area contributed by atoms with E-state index in [0.717, 1.165) is 44.0 Å². The lowest BCUT2D eigenvalue weighted by Gasteiger charge is -2.40. The van der Waals surface area contributed by atoms with Crippen LogP contribution in [0, 0.1) is 0 Å². The van der Waals surface area contributed by atoms with Gasteiger partial charge < -0.3 is 4.74 Å². The molecule has 1 fully saturated rings.